The molecule has 0 spiro atoms. The van der Waals surface area contributed by atoms with Crippen LogP contribution in [0.2, 0.25) is 0 Å². The van der Waals surface area contributed by atoms with Crippen molar-refractivity contribution in [2.75, 3.05) is 19.6 Å². The maximum absolute atomic E-state index is 3.78. The van der Waals surface area contributed by atoms with Crippen molar-refractivity contribution in [1.82, 2.24) is 4.90 Å². The number of nitrogens with zero attached hydrogens (tertiary/aromatic N) is 1. The Labute approximate surface area is 98.5 Å². The molecule has 0 fully saturated rings. The second-order valence-corrected chi connectivity index (χ2v) is 2.19. The fourth-order valence-electron chi connectivity index (χ4n) is 0.846. The summed E-state index contributed by atoms with van der Waals surface area (Å²) in [5.74, 6) is 0. The molecule has 1 nitrogen and oxygen atoms in total. The molecule has 0 aromatic heterocycles. The Morgan fingerprint density at radius 3 is 1.83 bits per heavy atom. The van der Waals surface area contributed by atoms with E-state index in [1.165, 1.54) is 0 Å². The van der Waals surface area contributed by atoms with Crippen LogP contribution in [-0.4, -0.2) is 47.6 Å². The molecule has 0 aromatic carbocycles. The van der Waals surface area contributed by atoms with Crippen LogP contribution in [0.1, 0.15) is 6.42 Å². The van der Waals surface area contributed by atoms with Crippen LogP contribution in [-0.2, 0) is 0 Å². The van der Waals surface area contributed by atoms with Gasteiger partial charge in [-0.3, -0.25) is 4.90 Å². The van der Waals surface area contributed by atoms with Crippen LogP contribution in [0.3, 0.4) is 0 Å². The molecular formula is C9H16ClMgN. The minimum atomic E-state index is 0. The smallest absolute Gasteiger partial charge is 1.00 e. The first-order valence-corrected chi connectivity index (χ1v) is 3.58. The van der Waals surface area contributed by atoms with E-state index < -0.39 is 0 Å². The molecule has 0 aromatic rings. The maximum Gasteiger partial charge on any atom is 2.00 e. The van der Waals surface area contributed by atoms with Crippen molar-refractivity contribution in [2.24, 2.45) is 0 Å². The fraction of sp³-hybridized carbons (Fsp3) is 0.444. The van der Waals surface area contributed by atoms with Crippen molar-refractivity contribution >= 4 is 23.1 Å². The van der Waals surface area contributed by atoms with Gasteiger partial charge in [-0.25, -0.2) is 0 Å². The van der Waals surface area contributed by atoms with Crippen molar-refractivity contribution in [3.63, 3.8) is 0 Å². The molecule has 12 heavy (non-hydrogen) atoms. The summed E-state index contributed by atoms with van der Waals surface area (Å²) in [6.45, 7) is 14.0. The molecule has 0 aliphatic heterocycles. The number of hydrogen-bond acceptors (Lipinski definition) is 1. The number of rotatable bonds is 6. The SMILES string of the molecule is C=CCN(CC=C)CC[CH2-].[Cl-].[Mg+2]. The molecule has 66 valence electrons. The Balaban J connectivity index is -0.000000405. The second-order valence-electron chi connectivity index (χ2n) is 2.19. The summed E-state index contributed by atoms with van der Waals surface area (Å²) in [4.78, 5) is 2.24. The third-order valence-corrected chi connectivity index (χ3v) is 1.25. The van der Waals surface area contributed by atoms with E-state index in [0.29, 0.717) is 0 Å². The average molecular weight is 198 g/mol. The molecule has 0 radical (unpaired) electrons. The van der Waals surface area contributed by atoms with Gasteiger partial charge in [0.15, 0.2) is 0 Å². The Morgan fingerprint density at radius 2 is 1.58 bits per heavy atom. The zero-order valence-corrected chi connectivity index (χ0v) is 9.81. The molecule has 0 bridgehead atoms. The molecular weight excluding hydrogens is 182 g/mol. The molecule has 0 N–H and O–H groups in total. The van der Waals surface area contributed by atoms with Gasteiger partial charge in [0.2, 0.25) is 0 Å². The molecule has 0 heterocycles. The quantitative estimate of drug-likeness (QED) is 0.285. The Kier molecular flexibility index (Phi) is 21.4. The van der Waals surface area contributed by atoms with E-state index in [2.05, 4.69) is 25.0 Å². The van der Waals surface area contributed by atoms with Gasteiger partial charge in [-0.15, -0.1) is 13.2 Å². The second kappa shape index (κ2) is 14.0. The van der Waals surface area contributed by atoms with E-state index in [0.717, 1.165) is 26.1 Å². The van der Waals surface area contributed by atoms with Gasteiger partial charge >= 0.3 is 23.1 Å². The van der Waals surface area contributed by atoms with E-state index in [9.17, 15) is 0 Å². The van der Waals surface area contributed by atoms with Crippen molar-refractivity contribution in [3.05, 3.63) is 32.2 Å². The van der Waals surface area contributed by atoms with Crippen molar-refractivity contribution in [2.45, 2.75) is 6.42 Å². The van der Waals surface area contributed by atoms with Gasteiger partial charge < -0.3 is 19.3 Å². The standard InChI is InChI=1S/C9H16N.ClH.Mg/c1-4-7-10(8-5-2)9-6-3;;/h4-5H,1-3,6-9H2;1H;/q-1;;+2/p-1. The zero-order chi connectivity index (χ0) is 7.82. The van der Waals surface area contributed by atoms with Gasteiger partial charge in [-0.05, 0) is 6.54 Å². The van der Waals surface area contributed by atoms with Gasteiger partial charge in [-0.1, -0.05) is 12.2 Å². The van der Waals surface area contributed by atoms with Crippen LogP contribution in [0.15, 0.2) is 25.3 Å². The first-order chi connectivity index (χ1) is 4.85. The summed E-state index contributed by atoms with van der Waals surface area (Å²) >= 11 is 0. The zero-order valence-electron chi connectivity index (χ0n) is 7.64. The number of hydrogen-bond donors (Lipinski definition) is 0. The van der Waals surface area contributed by atoms with Crippen LogP contribution in [0.5, 0.6) is 0 Å². The summed E-state index contributed by atoms with van der Waals surface area (Å²) in [6.07, 6.45) is 4.75. The van der Waals surface area contributed by atoms with E-state index in [4.69, 9.17) is 0 Å². The topological polar surface area (TPSA) is 3.24 Å². The molecule has 0 saturated carbocycles. The van der Waals surface area contributed by atoms with E-state index in [1.54, 1.807) is 0 Å². The van der Waals surface area contributed by atoms with Crippen molar-refractivity contribution in [1.29, 1.82) is 0 Å². The monoisotopic (exact) mass is 197 g/mol. The molecule has 0 saturated heterocycles. The van der Waals surface area contributed by atoms with Crippen LogP contribution in [0.25, 0.3) is 0 Å². The Bertz CT molecular complexity index is 96.7. The fourth-order valence-corrected chi connectivity index (χ4v) is 0.846. The molecule has 3 heteroatoms. The van der Waals surface area contributed by atoms with Gasteiger partial charge in [0.05, 0.1) is 0 Å². The summed E-state index contributed by atoms with van der Waals surface area (Å²) < 4.78 is 0. The van der Waals surface area contributed by atoms with Gasteiger partial charge in [0, 0.05) is 13.1 Å². The van der Waals surface area contributed by atoms with E-state index in [1.807, 2.05) is 12.2 Å². The molecule has 0 unspecified atom stereocenters. The summed E-state index contributed by atoms with van der Waals surface area (Å²) in [5.41, 5.74) is 0. The molecule has 0 atom stereocenters. The summed E-state index contributed by atoms with van der Waals surface area (Å²) in [7, 11) is 0. The normalized spacial score (nSPS) is 8.17. The van der Waals surface area contributed by atoms with E-state index in [-0.39, 0.29) is 35.5 Å². The third kappa shape index (κ3) is 10.5. The predicted molar refractivity (Wildman–Crippen MR) is 52.6 cm³/mol. The maximum atomic E-state index is 3.78. The average Bonchev–Trinajstić information content (AvgIpc) is 1.90. The molecule has 0 aliphatic carbocycles. The van der Waals surface area contributed by atoms with Gasteiger partial charge in [0.1, 0.15) is 0 Å². The van der Waals surface area contributed by atoms with Crippen LogP contribution in [0, 0.1) is 6.92 Å². The third-order valence-electron chi connectivity index (χ3n) is 1.25. The van der Waals surface area contributed by atoms with Gasteiger partial charge in [0.25, 0.3) is 0 Å². The Hall–Kier alpha value is 0.496. The van der Waals surface area contributed by atoms with Gasteiger partial charge in [-0.2, -0.15) is 6.42 Å². The van der Waals surface area contributed by atoms with Crippen LogP contribution < -0.4 is 12.4 Å². The van der Waals surface area contributed by atoms with Crippen LogP contribution >= 0.6 is 0 Å². The van der Waals surface area contributed by atoms with Crippen molar-refractivity contribution < 1.29 is 12.4 Å². The largest absolute Gasteiger partial charge is 2.00 e. The predicted octanol–water partition coefficient (Wildman–Crippen LogP) is -1.49. The minimum absolute atomic E-state index is 0. The first kappa shape index (κ1) is 18.3. The van der Waals surface area contributed by atoms with E-state index >= 15 is 0 Å². The van der Waals surface area contributed by atoms with Crippen molar-refractivity contribution in [3.8, 4) is 0 Å². The summed E-state index contributed by atoms with van der Waals surface area (Å²) in [6, 6.07) is 0. The molecule has 0 aliphatic rings. The molecule has 0 rings (SSSR count). The molecule has 0 amide bonds. The first-order valence-electron chi connectivity index (χ1n) is 3.58. The summed E-state index contributed by atoms with van der Waals surface area (Å²) in [5, 5.41) is 0. The number of halogens is 1. The Morgan fingerprint density at radius 1 is 1.17 bits per heavy atom. The minimum Gasteiger partial charge on any atom is -1.00 e. The van der Waals surface area contributed by atoms with Crippen LogP contribution in [0.4, 0.5) is 0 Å².